The summed E-state index contributed by atoms with van der Waals surface area (Å²) in [6, 6.07) is 7.98. The normalized spacial score (nSPS) is 11.2. The average Bonchev–Trinajstić information content (AvgIpc) is 3.28. The number of rotatable bonds is 6. The van der Waals surface area contributed by atoms with Crippen molar-refractivity contribution >= 4 is 16.9 Å². The van der Waals surface area contributed by atoms with Gasteiger partial charge in [0.2, 0.25) is 0 Å². The van der Waals surface area contributed by atoms with Gasteiger partial charge in [0.25, 0.3) is 11.5 Å². The van der Waals surface area contributed by atoms with Crippen molar-refractivity contribution in [2.75, 3.05) is 6.54 Å². The average molecular weight is 409 g/mol. The number of carbonyl (C=O) groups is 1. The number of aryl methyl sites for hydroxylation is 2. The van der Waals surface area contributed by atoms with E-state index in [1.807, 2.05) is 0 Å². The van der Waals surface area contributed by atoms with E-state index in [1.165, 1.54) is 23.2 Å². The van der Waals surface area contributed by atoms with Crippen LogP contribution >= 0.6 is 0 Å². The molecule has 1 amide bonds. The Bertz CT molecular complexity index is 1290. The van der Waals surface area contributed by atoms with Crippen LogP contribution in [0.3, 0.4) is 0 Å². The Balaban J connectivity index is 1.48. The summed E-state index contributed by atoms with van der Waals surface area (Å²) in [4.78, 5) is 29.3. The molecule has 9 heteroatoms. The zero-order chi connectivity index (χ0) is 21.3. The van der Waals surface area contributed by atoms with Gasteiger partial charge in [-0.05, 0) is 26.0 Å². The third kappa shape index (κ3) is 3.73. The number of fused-ring (bicyclic) bond motifs is 1. The molecule has 1 aromatic carbocycles. The molecule has 3 aromatic heterocycles. The van der Waals surface area contributed by atoms with Gasteiger partial charge in [0.05, 0.1) is 24.8 Å². The smallest absolute Gasteiger partial charge is 0.264 e. The maximum atomic E-state index is 13.9. The molecule has 3 heterocycles. The van der Waals surface area contributed by atoms with Gasteiger partial charge in [-0.15, -0.1) is 0 Å². The highest BCUT2D eigenvalue weighted by Gasteiger charge is 2.14. The molecule has 1 N–H and O–H groups in total. The Labute approximate surface area is 171 Å². The van der Waals surface area contributed by atoms with E-state index in [0.29, 0.717) is 46.8 Å². The number of halogens is 1. The molecule has 0 bridgehead atoms. The summed E-state index contributed by atoms with van der Waals surface area (Å²) in [5.41, 5.74) is 1.00. The minimum absolute atomic E-state index is 0.0825. The lowest BCUT2D eigenvalue weighted by molar-refractivity contribution is 0.0950. The van der Waals surface area contributed by atoms with E-state index in [1.54, 1.807) is 42.8 Å². The molecule has 0 aliphatic carbocycles. The first-order chi connectivity index (χ1) is 14.4. The lowest BCUT2D eigenvalue weighted by Crippen LogP contribution is -2.28. The minimum Gasteiger partial charge on any atom is -0.466 e. The molecule has 0 spiro atoms. The van der Waals surface area contributed by atoms with Gasteiger partial charge in [0, 0.05) is 12.1 Å². The van der Waals surface area contributed by atoms with Gasteiger partial charge in [-0.2, -0.15) is 5.10 Å². The highest BCUT2D eigenvalue weighted by molar-refractivity contribution is 5.95. The van der Waals surface area contributed by atoms with Gasteiger partial charge >= 0.3 is 0 Å². The van der Waals surface area contributed by atoms with Crippen molar-refractivity contribution in [2.45, 2.75) is 26.9 Å². The molecule has 0 fully saturated rings. The van der Waals surface area contributed by atoms with Crippen LogP contribution in [0.1, 0.15) is 27.4 Å². The van der Waals surface area contributed by atoms with Gasteiger partial charge < -0.3 is 9.73 Å². The van der Waals surface area contributed by atoms with Gasteiger partial charge in [-0.25, -0.2) is 14.1 Å². The number of aromatic nitrogens is 4. The molecule has 8 nitrogen and oxygen atoms in total. The van der Waals surface area contributed by atoms with Crippen LogP contribution in [0.5, 0.6) is 0 Å². The number of hydrogen-bond donors (Lipinski definition) is 1. The van der Waals surface area contributed by atoms with E-state index in [-0.39, 0.29) is 23.8 Å². The molecule has 154 valence electrons. The van der Waals surface area contributed by atoms with Crippen LogP contribution in [-0.4, -0.2) is 31.8 Å². The van der Waals surface area contributed by atoms with Crippen LogP contribution in [0.2, 0.25) is 0 Å². The quantitative estimate of drug-likeness (QED) is 0.528. The molecule has 30 heavy (non-hydrogen) atoms. The third-order valence-electron chi connectivity index (χ3n) is 4.82. The van der Waals surface area contributed by atoms with E-state index >= 15 is 0 Å². The summed E-state index contributed by atoms with van der Waals surface area (Å²) in [5, 5.41) is 7.35. The molecule has 0 saturated carbocycles. The second kappa shape index (κ2) is 7.94. The number of nitrogens with zero attached hydrogens (tertiary/aromatic N) is 4. The summed E-state index contributed by atoms with van der Waals surface area (Å²) in [6.45, 7) is 4.25. The maximum absolute atomic E-state index is 13.9. The second-order valence-electron chi connectivity index (χ2n) is 6.96. The van der Waals surface area contributed by atoms with Gasteiger partial charge in [0.15, 0.2) is 5.65 Å². The summed E-state index contributed by atoms with van der Waals surface area (Å²) in [5.74, 6) is 0.623. The Kier molecular flexibility index (Phi) is 5.18. The van der Waals surface area contributed by atoms with Crippen LogP contribution in [0, 0.1) is 19.7 Å². The Morgan fingerprint density at radius 2 is 2.07 bits per heavy atom. The molecule has 0 saturated heterocycles. The first kappa shape index (κ1) is 19.6. The topological polar surface area (TPSA) is 95.0 Å². The van der Waals surface area contributed by atoms with Gasteiger partial charge in [0.1, 0.15) is 29.1 Å². The molecule has 4 rings (SSSR count). The van der Waals surface area contributed by atoms with Crippen LogP contribution in [0.15, 0.2) is 52.1 Å². The highest BCUT2D eigenvalue weighted by Crippen LogP contribution is 2.13. The highest BCUT2D eigenvalue weighted by atomic mass is 19.1. The van der Waals surface area contributed by atoms with Crippen molar-refractivity contribution in [3.05, 3.63) is 81.7 Å². The SMILES string of the molecule is Cc1cc(C(=O)NCCn2ncc3c(=O)n(Cc4ccccc4F)cnc32)c(C)o1. The summed E-state index contributed by atoms with van der Waals surface area (Å²) in [7, 11) is 0. The van der Waals surface area contributed by atoms with E-state index < -0.39 is 0 Å². The minimum atomic E-state index is -0.376. The van der Waals surface area contributed by atoms with E-state index in [0.717, 1.165) is 0 Å². The molecular weight excluding hydrogens is 389 g/mol. The Hall–Kier alpha value is -3.75. The monoisotopic (exact) mass is 409 g/mol. The first-order valence-electron chi connectivity index (χ1n) is 9.43. The zero-order valence-corrected chi connectivity index (χ0v) is 16.6. The van der Waals surface area contributed by atoms with E-state index in [4.69, 9.17) is 4.42 Å². The molecule has 0 atom stereocenters. The number of hydrogen-bond acceptors (Lipinski definition) is 5. The Morgan fingerprint density at radius 3 is 2.80 bits per heavy atom. The van der Waals surface area contributed by atoms with Crippen molar-refractivity contribution in [3.8, 4) is 0 Å². The predicted molar refractivity (Wildman–Crippen MR) is 108 cm³/mol. The maximum Gasteiger partial charge on any atom is 0.264 e. The number of nitrogens with one attached hydrogen (secondary N) is 1. The standard InChI is InChI=1S/C21H20FN5O3/c1-13-9-16(14(2)30-13)20(28)23-7-8-27-19-17(10-25-27)21(29)26(12-24-19)11-15-5-3-4-6-18(15)22/h3-6,9-10,12H,7-8,11H2,1-2H3,(H,23,28). The van der Waals surface area contributed by atoms with Crippen LogP contribution in [-0.2, 0) is 13.1 Å². The molecule has 0 unspecified atom stereocenters. The van der Waals surface area contributed by atoms with Gasteiger partial charge in [-0.3, -0.25) is 14.2 Å². The predicted octanol–water partition coefficient (Wildman–Crippen LogP) is 2.42. The van der Waals surface area contributed by atoms with Crippen molar-refractivity contribution in [2.24, 2.45) is 0 Å². The van der Waals surface area contributed by atoms with Crippen LogP contribution < -0.4 is 10.9 Å². The number of benzene rings is 1. The fourth-order valence-electron chi connectivity index (χ4n) is 3.31. The fraction of sp³-hybridized carbons (Fsp3) is 0.238. The lowest BCUT2D eigenvalue weighted by Gasteiger charge is -2.08. The van der Waals surface area contributed by atoms with Crippen molar-refractivity contribution in [3.63, 3.8) is 0 Å². The van der Waals surface area contributed by atoms with E-state index in [2.05, 4.69) is 15.4 Å². The van der Waals surface area contributed by atoms with Crippen LogP contribution in [0.4, 0.5) is 4.39 Å². The zero-order valence-electron chi connectivity index (χ0n) is 16.6. The molecule has 0 aliphatic rings. The fourth-order valence-corrected chi connectivity index (χ4v) is 3.31. The molecule has 0 radical (unpaired) electrons. The number of furan rings is 1. The second-order valence-corrected chi connectivity index (χ2v) is 6.96. The van der Waals surface area contributed by atoms with Crippen molar-refractivity contribution in [1.29, 1.82) is 0 Å². The van der Waals surface area contributed by atoms with E-state index in [9.17, 15) is 14.0 Å². The van der Waals surface area contributed by atoms with Crippen LogP contribution in [0.25, 0.3) is 11.0 Å². The van der Waals surface area contributed by atoms with Crippen molar-refractivity contribution in [1.82, 2.24) is 24.6 Å². The third-order valence-corrected chi connectivity index (χ3v) is 4.82. The Morgan fingerprint density at radius 1 is 1.27 bits per heavy atom. The first-order valence-corrected chi connectivity index (χ1v) is 9.43. The largest absolute Gasteiger partial charge is 0.466 e. The molecule has 4 aromatic rings. The lowest BCUT2D eigenvalue weighted by atomic mass is 10.2. The number of carbonyl (C=O) groups excluding carboxylic acids is 1. The summed E-state index contributed by atoms with van der Waals surface area (Å²) < 4.78 is 22.2. The summed E-state index contributed by atoms with van der Waals surface area (Å²) in [6.07, 6.45) is 2.82. The summed E-state index contributed by atoms with van der Waals surface area (Å²) >= 11 is 0. The van der Waals surface area contributed by atoms with Gasteiger partial charge in [-0.1, -0.05) is 18.2 Å². The number of amides is 1. The van der Waals surface area contributed by atoms with Crippen molar-refractivity contribution < 1.29 is 13.6 Å². The molecular formula is C21H20FN5O3. The molecule has 0 aliphatic heterocycles.